The van der Waals surface area contributed by atoms with Crippen LogP contribution in [0.3, 0.4) is 0 Å². The van der Waals surface area contributed by atoms with E-state index in [0.717, 1.165) is 5.56 Å². The number of nitrogens with zero attached hydrogens (tertiary/aromatic N) is 1. The van der Waals surface area contributed by atoms with E-state index in [1.54, 1.807) is 14.2 Å². The second-order valence-electron chi connectivity index (χ2n) is 5.14. The van der Waals surface area contributed by atoms with Crippen LogP contribution in [0.15, 0.2) is 18.2 Å². The minimum atomic E-state index is -0.0602. The molecule has 1 aromatic carbocycles. The molecule has 24 heavy (non-hydrogen) atoms. The van der Waals surface area contributed by atoms with Gasteiger partial charge in [-0.1, -0.05) is 30.0 Å². The van der Waals surface area contributed by atoms with E-state index in [2.05, 4.69) is 5.32 Å². The molecule has 1 saturated heterocycles. The fourth-order valence-corrected chi connectivity index (χ4v) is 3.41. The zero-order valence-electron chi connectivity index (χ0n) is 13.7. The fourth-order valence-electron chi connectivity index (χ4n) is 2.29. The molecule has 0 unspecified atom stereocenters. The van der Waals surface area contributed by atoms with Crippen LogP contribution >= 0.6 is 24.0 Å². The Morgan fingerprint density at radius 2 is 2.08 bits per heavy atom. The number of carbonyl (C=O) groups is 2. The van der Waals surface area contributed by atoms with Gasteiger partial charge < -0.3 is 14.8 Å². The average molecular weight is 368 g/mol. The SMILES string of the molecule is COc1ccc(CCC(=O)NCCN2C(=O)CSC2=S)cc1OC. The third kappa shape index (κ3) is 4.85. The van der Waals surface area contributed by atoms with E-state index in [1.807, 2.05) is 18.2 Å². The van der Waals surface area contributed by atoms with Gasteiger partial charge in [-0.2, -0.15) is 0 Å². The van der Waals surface area contributed by atoms with Crippen molar-refractivity contribution in [3.05, 3.63) is 23.8 Å². The number of thiocarbonyl (C=S) groups is 1. The first-order valence-electron chi connectivity index (χ1n) is 7.50. The normalized spacial score (nSPS) is 14.0. The van der Waals surface area contributed by atoms with Gasteiger partial charge in [0.1, 0.15) is 4.32 Å². The van der Waals surface area contributed by atoms with E-state index in [1.165, 1.54) is 16.7 Å². The van der Waals surface area contributed by atoms with Crippen LogP contribution in [0.25, 0.3) is 0 Å². The highest BCUT2D eigenvalue weighted by molar-refractivity contribution is 8.23. The number of hydrogen-bond donors (Lipinski definition) is 1. The summed E-state index contributed by atoms with van der Waals surface area (Å²) >= 11 is 6.45. The topological polar surface area (TPSA) is 67.9 Å². The second-order valence-corrected chi connectivity index (χ2v) is 6.75. The molecule has 1 heterocycles. The molecule has 1 aliphatic heterocycles. The standard InChI is InChI=1S/C16H20N2O4S2/c1-21-12-5-3-11(9-13(12)22-2)4-6-14(19)17-7-8-18-15(20)10-24-16(18)23/h3,5,9H,4,6-8,10H2,1-2H3,(H,17,19). The molecule has 1 aromatic rings. The quantitative estimate of drug-likeness (QED) is 0.703. The van der Waals surface area contributed by atoms with Gasteiger partial charge in [-0.15, -0.1) is 0 Å². The molecule has 1 N–H and O–H groups in total. The van der Waals surface area contributed by atoms with E-state index in [9.17, 15) is 9.59 Å². The van der Waals surface area contributed by atoms with E-state index in [-0.39, 0.29) is 11.8 Å². The number of methoxy groups -OCH3 is 2. The maximum absolute atomic E-state index is 11.9. The highest BCUT2D eigenvalue weighted by atomic mass is 32.2. The Morgan fingerprint density at radius 1 is 1.33 bits per heavy atom. The third-order valence-corrected chi connectivity index (χ3v) is 5.02. The van der Waals surface area contributed by atoms with Crippen LogP contribution in [0.5, 0.6) is 11.5 Å². The summed E-state index contributed by atoms with van der Waals surface area (Å²) in [5, 5.41) is 2.81. The molecule has 0 aromatic heterocycles. The first-order chi connectivity index (χ1) is 11.5. The Balaban J connectivity index is 1.75. The lowest BCUT2D eigenvalue weighted by atomic mass is 10.1. The van der Waals surface area contributed by atoms with Crippen LogP contribution in [0.1, 0.15) is 12.0 Å². The molecule has 0 aliphatic carbocycles. The number of carbonyl (C=O) groups excluding carboxylic acids is 2. The zero-order chi connectivity index (χ0) is 17.5. The van der Waals surface area contributed by atoms with Crippen LogP contribution in [0.4, 0.5) is 0 Å². The van der Waals surface area contributed by atoms with Gasteiger partial charge in [0.05, 0.1) is 20.0 Å². The molecule has 1 fully saturated rings. The van der Waals surface area contributed by atoms with Gasteiger partial charge in [-0.25, -0.2) is 0 Å². The number of aryl methyl sites for hydroxylation is 1. The number of benzene rings is 1. The highest BCUT2D eigenvalue weighted by Crippen LogP contribution is 2.27. The van der Waals surface area contributed by atoms with Gasteiger partial charge in [0.25, 0.3) is 0 Å². The van der Waals surface area contributed by atoms with Crippen molar-refractivity contribution >= 4 is 40.1 Å². The zero-order valence-corrected chi connectivity index (χ0v) is 15.3. The summed E-state index contributed by atoms with van der Waals surface area (Å²) < 4.78 is 11.0. The maximum Gasteiger partial charge on any atom is 0.238 e. The van der Waals surface area contributed by atoms with Crippen molar-refractivity contribution in [1.82, 2.24) is 10.2 Å². The van der Waals surface area contributed by atoms with Crippen molar-refractivity contribution in [2.24, 2.45) is 0 Å². The Morgan fingerprint density at radius 3 is 2.71 bits per heavy atom. The third-order valence-electron chi connectivity index (χ3n) is 3.59. The number of ether oxygens (including phenoxy) is 2. The first-order valence-corrected chi connectivity index (χ1v) is 8.89. The molecule has 0 spiro atoms. The molecular formula is C16H20N2O4S2. The minimum absolute atomic E-state index is 0.00424. The molecule has 2 rings (SSSR count). The number of thioether (sulfide) groups is 1. The van der Waals surface area contributed by atoms with Gasteiger partial charge in [0, 0.05) is 19.5 Å². The smallest absolute Gasteiger partial charge is 0.238 e. The fraction of sp³-hybridized carbons (Fsp3) is 0.438. The highest BCUT2D eigenvalue weighted by Gasteiger charge is 2.25. The Hall–Kier alpha value is -1.80. The number of amides is 2. The van der Waals surface area contributed by atoms with Crippen molar-refractivity contribution in [3.8, 4) is 11.5 Å². The minimum Gasteiger partial charge on any atom is -0.493 e. The van der Waals surface area contributed by atoms with Gasteiger partial charge >= 0.3 is 0 Å². The lowest BCUT2D eigenvalue weighted by molar-refractivity contribution is -0.125. The molecule has 6 nitrogen and oxygen atoms in total. The molecule has 0 bridgehead atoms. The van der Waals surface area contributed by atoms with Crippen molar-refractivity contribution in [2.45, 2.75) is 12.8 Å². The average Bonchev–Trinajstić information content (AvgIpc) is 2.91. The van der Waals surface area contributed by atoms with Crippen LogP contribution in [0.2, 0.25) is 0 Å². The number of rotatable bonds is 8. The van der Waals surface area contributed by atoms with Gasteiger partial charge in [0.2, 0.25) is 11.8 Å². The van der Waals surface area contributed by atoms with Crippen molar-refractivity contribution in [3.63, 3.8) is 0 Å². The van der Waals surface area contributed by atoms with Gasteiger partial charge in [0.15, 0.2) is 11.5 Å². The maximum atomic E-state index is 11.9. The van der Waals surface area contributed by atoms with Gasteiger partial charge in [-0.05, 0) is 24.1 Å². The molecule has 0 saturated carbocycles. The summed E-state index contributed by atoms with van der Waals surface area (Å²) in [5.74, 6) is 1.65. The van der Waals surface area contributed by atoms with Crippen LogP contribution in [-0.4, -0.2) is 54.1 Å². The number of nitrogens with one attached hydrogen (secondary N) is 1. The Labute approximate surface area is 150 Å². The lowest BCUT2D eigenvalue weighted by Gasteiger charge is -2.15. The number of hydrogen-bond acceptors (Lipinski definition) is 6. The molecule has 8 heteroatoms. The molecule has 1 aliphatic rings. The van der Waals surface area contributed by atoms with Crippen LogP contribution in [0, 0.1) is 0 Å². The summed E-state index contributed by atoms with van der Waals surface area (Å²) in [7, 11) is 3.16. The molecule has 2 amide bonds. The van der Waals surface area contributed by atoms with Crippen molar-refractivity contribution < 1.29 is 19.1 Å². The first kappa shape index (κ1) is 18.5. The van der Waals surface area contributed by atoms with Crippen LogP contribution < -0.4 is 14.8 Å². The molecule has 0 atom stereocenters. The largest absolute Gasteiger partial charge is 0.493 e. The summed E-state index contributed by atoms with van der Waals surface area (Å²) in [5.41, 5.74) is 0.995. The predicted octanol–water partition coefficient (Wildman–Crippen LogP) is 1.61. The van der Waals surface area contributed by atoms with E-state index in [4.69, 9.17) is 21.7 Å². The van der Waals surface area contributed by atoms with E-state index < -0.39 is 0 Å². The summed E-state index contributed by atoms with van der Waals surface area (Å²) in [6.45, 7) is 0.823. The lowest BCUT2D eigenvalue weighted by Crippen LogP contribution is -2.37. The van der Waals surface area contributed by atoms with Crippen molar-refractivity contribution in [1.29, 1.82) is 0 Å². The Kier molecular flexibility index (Phi) is 6.86. The van der Waals surface area contributed by atoms with E-state index >= 15 is 0 Å². The summed E-state index contributed by atoms with van der Waals surface area (Å²) in [6.07, 6.45) is 0.964. The second kappa shape index (κ2) is 8.89. The van der Waals surface area contributed by atoms with Gasteiger partial charge in [-0.3, -0.25) is 14.5 Å². The Bertz CT molecular complexity index is 621. The summed E-state index contributed by atoms with van der Waals surface area (Å²) in [4.78, 5) is 25.0. The van der Waals surface area contributed by atoms with Crippen LogP contribution in [-0.2, 0) is 16.0 Å². The predicted molar refractivity (Wildman–Crippen MR) is 97.6 cm³/mol. The summed E-state index contributed by atoms with van der Waals surface area (Å²) in [6, 6.07) is 5.60. The van der Waals surface area contributed by atoms with Crippen molar-refractivity contribution in [2.75, 3.05) is 33.1 Å². The molecule has 130 valence electrons. The molecule has 0 radical (unpaired) electrons. The molecular weight excluding hydrogens is 348 g/mol. The monoisotopic (exact) mass is 368 g/mol. The van der Waals surface area contributed by atoms with E-state index in [0.29, 0.717) is 47.5 Å².